The number of hydrogen-bond acceptors (Lipinski definition) is 0. The van der Waals surface area contributed by atoms with Crippen molar-refractivity contribution in [1.29, 1.82) is 0 Å². The van der Waals surface area contributed by atoms with Crippen molar-refractivity contribution in [2.75, 3.05) is 0 Å². The first-order valence-corrected chi connectivity index (χ1v) is 5.12. The summed E-state index contributed by atoms with van der Waals surface area (Å²) in [6.45, 7) is 6.37. The summed E-state index contributed by atoms with van der Waals surface area (Å²) < 4.78 is 0. The van der Waals surface area contributed by atoms with Gasteiger partial charge in [0.05, 0.1) is 5.38 Å². The highest BCUT2D eigenvalue weighted by atomic mass is 35.5. The van der Waals surface area contributed by atoms with Crippen LogP contribution < -0.4 is 0 Å². The highest BCUT2D eigenvalue weighted by Gasteiger charge is 2.23. The minimum atomic E-state index is 0.0322. The lowest BCUT2D eigenvalue weighted by atomic mass is 9.87. The zero-order valence-electron chi connectivity index (χ0n) is 8.14. The van der Waals surface area contributed by atoms with Gasteiger partial charge in [0.25, 0.3) is 0 Å². The van der Waals surface area contributed by atoms with Crippen LogP contribution in [0.3, 0.4) is 0 Å². The van der Waals surface area contributed by atoms with Crippen molar-refractivity contribution in [3.8, 4) is 0 Å². The van der Waals surface area contributed by atoms with Crippen LogP contribution in [0.1, 0.15) is 31.7 Å². The van der Waals surface area contributed by atoms with E-state index in [1.165, 1.54) is 0 Å². The SMILES string of the molecule is CC(C)(C)C(Cl)c1ccc(Cl)cc1. The minimum Gasteiger partial charge on any atom is -0.117 e. The number of benzene rings is 1. The molecule has 0 aliphatic rings. The number of halogens is 2. The van der Waals surface area contributed by atoms with Crippen LogP contribution in [0.25, 0.3) is 0 Å². The maximum Gasteiger partial charge on any atom is 0.0633 e. The Labute approximate surface area is 89.9 Å². The molecule has 0 saturated heterocycles. The van der Waals surface area contributed by atoms with E-state index in [4.69, 9.17) is 23.2 Å². The van der Waals surface area contributed by atoms with E-state index < -0.39 is 0 Å². The summed E-state index contributed by atoms with van der Waals surface area (Å²) in [5.74, 6) is 0. The van der Waals surface area contributed by atoms with Crippen LogP contribution in [-0.2, 0) is 0 Å². The van der Waals surface area contributed by atoms with Gasteiger partial charge in [0.15, 0.2) is 0 Å². The van der Waals surface area contributed by atoms with Crippen molar-refractivity contribution < 1.29 is 0 Å². The Morgan fingerprint density at radius 3 is 1.92 bits per heavy atom. The lowest BCUT2D eigenvalue weighted by molar-refractivity contribution is 0.396. The largest absolute Gasteiger partial charge is 0.117 e. The fourth-order valence-electron chi connectivity index (χ4n) is 1.13. The summed E-state index contributed by atoms with van der Waals surface area (Å²) in [4.78, 5) is 0. The Morgan fingerprint density at radius 1 is 1.08 bits per heavy atom. The molecule has 1 aromatic carbocycles. The molecule has 1 rings (SSSR count). The third-order valence-electron chi connectivity index (χ3n) is 1.92. The summed E-state index contributed by atoms with van der Waals surface area (Å²) in [6.07, 6.45) is 0. The molecular weight excluding hydrogens is 203 g/mol. The highest BCUT2D eigenvalue weighted by molar-refractivity contribution is 6.30. The van der Waals surface area contributed by atoms with E-state index >= 15 is 0 Å². The molecule has 0 amide bonds. The molecule has 1 unspecified atom stereocenters. The zero-order chi connectivity index (χ0) is 10.1. The summed E-state index contributed by atoms with van der Waals surface area (Å²) in [5, 5.41) is 0.784. The normalized spacial score (nSPS) is 14.2. The van der Waals surface area contributed by atoms with Crippen molar-refractivity contribution in [2.24, 2.45) is 5.41 Å². The lowest BCUT2D eigenvalue weighted by Crippen LogP contribution is -2.12. The van der Waals surface area contributed by atoms with Crippen molar-refractivity contribution in [2.45, 2.75) is 26.1 Å². The second-order valence-corrected chi connectivity index (χ2v) is 5.15. The average molecular weight is 217 g/mol. The van der Waals surface area contributed by atoms with Crippen LogP contribution >= 0.6 is 23.2 Å². The van der Waals surface area contributed by atoms with Gasteiger partial charge in [-0.2, -0.15) is 0 Å². The highest BCUT2D eigenvalue weighted by Crippen LogP contribution is 2.38. The minimum absolute atomic E-state index is 0.0322. The Hall–Kier alpha value is -0.200. The summed E-state index contributed by atoms with van der Waals surface area (Å²) in [5.41, 5.74) is 1.20. The molecule has 0 aromatic heterocycles. The fourth-order valence-corrected chi connectivity index (χ4v) is 1.40. The molecule has 2 heteroatoms. The van der Waals surface area contributed by atoms with E-state index in [1.807, 2.05) is 24.3 Å². The Morgan fingerprint density at radius 2 is 1.54 bits per heavy atom. The fraction of sp³-hybridized carbons (Fsp3) is 0.455. The summed E-state index contributed by atoms with van der Waals surface area (Å²) in [6, 6.07) is 7.70. The van der Waals surface area contributed by atoms with E-state index in [2.05, 4.69) is 20.8 Å². The van der Waals surface area contributed by atoms with Gasteiger partial charge >= 0.3 is 0 Å². The molecular formula is C11H14Cl2. The second-order valence-electron chi connectivity index (χ2n) is 4.28. The predicted molar refractivity (Wildman–Crippen MR) is 59.5 cm³/mol. The van der Waals surface area contributed by atoms with E-state index in [0.29, 0.717) is 0 Å². The Kier molecular flexibility index (Phi) is 3.26. The predicted octanol–water partition coefficient (Wildman–Crippen LogP) is 4.67. The molecule has 0 fully saturated rings. The standard InChI is InChI=1S/C11H14Cl2/c1-11(2,3)10(13)8-4-6-9(12)7-5-8/h4-7,10H,1-3H3. The molecule has 0 bridgehead atoms. The summed E-state index contributed by atoms with van der Waals surface area (Å²) >= 11 is 12.1. The first kappa shape index (κ1) is 10.9. The van der Waals surface area contributed by atoms with Crippen molar-refractivity contribution in [3.05, 3.63) is 34.9 Å². The maximum atomic E-state index is 6.29. The Bertz CT molecular complexity index is 269. The molecule has 0 saturated carbocycles. The molecule has 0 N–H and O–H groups in total. The topological polar surface area (TPSA) is 0 Å². The average Bonchev–Trinajstić information content (AvgIpc) is 2.03. The van der Waals surface area contributed by atoms with Crippen molar-refractivity contribution in [3.63, 3.8) is 0 Å². The monoisotopic (exact) mass is 216 g/mol. The molecule has 1 atom stereocenters. The molecule has 0 heterocycles. The Balaban J connectivity index is 2.90. The number of alkyl halides is 1. The molecule has 13 heavy (non-hydrogen) atoms. The molecule has 72 valence electrons. The van der Waals surface area contributed by atoms with Crippen LogP contribution in [0.4, 0.5) is 0 Å². The van der Waals surface area contributed by atoms with E-state index in [0.717, 1.165) is 10.6 Å². The van der Waals surface area contributed by atoms with Crippen LogP contribution in [0.5, 0.6) is 0 Å². The van der Waals surface area contributed by atoms with Crippen molar-refractivity contribution >= 4 is 23.2 Å². The lowest BCUT2D eigenvalue weighted by Gasteiger charge is -2.25. The molecule has 0 spiro atoms. The van der Waals surface area contributed by atoms with Gasteiger partial charge in [-0.1, -0.05) is 44.5 Å². The molecule has 0 aliphatic carbocycles. The van der Waals surface area contributed by atoms with Gasteiger partial charge in [-0.15, -0.1) is 11.6 Å². The van der Waals surface area contributed by atoms with Gasteiger partial charge < -0.3 is 0 Å². The third-order valence-corrected chi connectivity index (χ3v) is 3.08. The maximum absolute atomic E-state index is 6.29. The van der Waals surface area contributed by atoms with E-state index in [9.17, 15) is 0 Å². The molecule has 0 aliphatic heterocycles. The first-order chi connectivity index (χ1) is 5.91. The van der Waals surface area contributed by atoms with Gasteiger partial charge in [0.1, 0.15) is 0 Å². The zero-order valence-corrected chi connectivity index (χ0v) is 9.65. The first-order valence-electron chi connectivity index (χ1n) is 4.31. The van der Waals surface area contributed by atoms with Gasteiger partial charge in [0, 0.05) is 5.02 Å². The third kappa shape index (κ3) is 2.89. The van der Waals surface area contributed by atoms with Crippen LogP contribution in [0.2, 0.25) is 5.02 Å². The van der Waals surface area contributed by atoms with Gasteiger partial charge in [-0.05, 0) is 23.1 Å². The second kappa shape index (κ2) is 3.89. The molecule has 1 aromatic rings. The van der Waals surface area contributed by atoms with Gasteiger partial charge in [-0.25, -0.2) is 0 Å². The smallest absolute Gasteiger partial charge is 0.0633 e. The molecule has 0 nitrogen and oxygen atoms in total. The van der Waals surface area contributed by atoms with Gasteiger partial charge in [-0.3, -0.25) is 0 Å². The number of hydrogen-bond donors (Lipinski definition) is 0. The van der Waals surface area contributed by atoms with E-state index in [-0.39, 0.29) is 10.8 Å². The summed E-state index contributed by atoms with van der Waals surface area (Å²) in [7, 11) is 0. The number of rotatable bonds is 1. The van der Waals surface area contributed by atoms with Crippen LogP contribution in [0.15, 0.2) is 24.3 Å². The molecule has 0 radical (unpaired) electrons. The van der Waals surface area contributed by atoms with Crippen molar-refractivity contribution in [1.82, 2.24) is 0 Å². The van der Waals surface area contributed by atoms with Crippen LogP contribution in [-0.4, -0.2) is 0 Å². The van der Waals surface area contributed by atoms with Gasteiger partial charge in [0.2, 0.25) is 0 Å². The quantitative estimate of drug-likeness (QED) is 0.600. The van der Waals surface area contributed by atoms with E-state index in [1.54, 1.807) is 0 Å². The van der Waals surface area contributed by atoms with Crippen LogP contribution in [0, 0.1) is 5.41 Å².